The quantitative estimate of drug-likeness (QED) is 0.696. The molecule has 2 aliphatic rings. The lowest BCUT2D eigenvalue weighted by molar-refractivity contribution is -0.133. The minimum atomic E-state index is -0.389. The highest BCUT2D eigenvalue weighted by atomic mass is 16.3. The van der Waals surface area contributed by atoms with Gasteiger partial charge in [-0.2, -0.15) is 0 Å². The van der Waals surface area contributed by atoms with E-state index in [1.54, 1.807) is 18.6 Å². The van der Waals surface area contributed by atoms with E-state index in [1.807, 2.05) is 40.8 Å². The number of pyridine rings is 1. The predicted octanol–water partition coefficient (Wildman–Crippen LogP) is 1.86. The molecule has 1 N–H and O–H groups in total. The van der Waals surface area contributed by atoms with E-state index in [1.165, 1.54) is 0 Å². The smallest absolute Gasteiger partial charge is 0.228 e. The van der Waals surface area contributed by atoms with Crippen molar-refractivity contribution in [1.29, 1.82) is 0 Å². The second kappa shape index (κ2) is 7.92. The third-order valence-electron chi connectivity index (χ3n) is 6.82. The molecule has 2 fully saturated rings. The molecule has 0 saturated carbocycles. The number of hydrogen-bond acceptors (Lipinski definition) is 6. The predicted molar refractivity (Wildman–Crippen MR) is 117 cm³/mol. The standard InChI is InChI=1S/C23H28N6O2/c1-17-3-2-8-29-18(13-26-22(17)29)11-21(31)27-9-4-23(5-10-27)12-19(30)15-28(16-23)20-14-24-6-7-25-20/h2-3,6-8,13-14,19,30H,4-5,9-12,15-16H2,1H3. The van der Waals surface area contributed by atoms with E-state index >= 15 is 0 Å². The zero-order valence-electron chi connectivity index (χ0n) is 17.8. The number of β-amino-alcohol motifs (C(OH)–C–C–N with tert-alkyl or cyclic N) is 1. The first kappa shape index (κ1) is 19.9. The summed E-state index contributed by atoms with van der Waals surface area (Å²) < 4.78 is 2.01. The molecule has 0 aromatic carbocycles. The maximum absolute atomic E-state index is 13.0. The molecule has 8 nitrogen and oxygen atoms in total. The number of hydrogen-bond donors (Lipinski definition) is 1. The third kappa shape index (κ3) is 3.87. The molecule has 31 heavy (non-hydrogen) atoms. The second-order valence-electron chi connectivity index (χ2n) is 8.99. The van der Waals surface area contributed by atoms with Crippen molar-refractivity contribution in [3.63, 3.8) is 0 Å². The summed E-state index contributed by atoms with van der Waals surface area (Å²) in [4.78, 5) is 30.2. The fourth-order valence-electron chi connectivity index (χ4n) is 5.17. The summed E-state index contributed by atoms with van der Waals surface area (Å²) in [6.45, 7) is 4.89. The van der Waals surface area contributed by atoms with Crippen molar-refractivity contribution in [2.45, 2.75) is 38.7 Å². The number of amides is 1. The molecule has 2 saturated heterocycles. The van der Waals surface area contributed by atoms with Crippen LogP contribution in [0.4, 0.5) is 5.82 Å². The van der Waals surface area contributed by atoms with Gasteiger partial charge < -0.3 is 19.3 Å². The zero-order chi connectivity index (χ0) is 21.4. The van der Waals surface area contributed by atoms with Gasteiger partial charge in [0.1, 0.15) is 11.5 Å². The third-order valence-corrected chi connectivity index (χ3v) is 6.82. The number of imidazole rings is 1. The Morgan fingerprint density at radius 2 is 2.06 bits per heavy atom. The number of likely N-dealkylation sites (tertiary alicyclic amines) is 1. The summed E-state index contributed by atoms with van der Waals surface area (Å²) >= 11 is 0. The summed E-state index contributed by atoms with van der Waals surface area (Å²) in [7, 11) is 0. The number of aromatic nitrogens is 4. The van der Waals surface area contributed by atoms with Crippen LogP contribution < -0.4 is 4.90 Å². The van der Waals surface area contributed by atoms with Gasteiger partial charge >= 0.3 is 0 Å². The Balaban J connectivity index is 1.25. The van der Waals surface area contributed by atoms with E-state index in [2.05, 4.69) is 19.9 Å². The molecular weight excluding hydrogens is 392 g/mol. The first-order chi connectivity index (χ1) is 15.0. The molecule has 1 unspecified atom stereocenters. The van der Waals surface area contributed by atoms with Gasteiger partial charge in [-0.15, -0.1) is 0 Å². The molecule has 3 aromatic rings. The van der Waals surface area contributed by atoms with Crippen molar-refractivity contribution in [3.8, 4) is 0 Å². The van der Waals surface area contributed by atoms with Crippen molar-refractivity contribution in [2.24, 2.45) is 5.41 Å². The van der Waals surface area contributed by atoms with Crippen molar-refractivity contribution < 1.29 is 9.90 Å². The van der Waals surface area contributed by atoms with Crippen LogP contribution in [0.5, 0.6) is 0 Å². The topological polar surface area (TPSA) is 86.9 Å². The summed E-state index contributed by atoms with van der Waals surface area (Å²) in [5, 5.41) is 10.5. The van der Waals surface area contributed by atoms with Crippen molar-refractivity contribution in [1.82, 2.24) is 24.3 Å². The molecular formula is C23H28N6O2. The Morgan fingerprint density at radius 3 is 2.84 bits per heavy atom. The molecule has 1 amide bonds. The van der Waals surface area contributed by atoms with Crippen molar-refractivity contribution in [3.05, 3.63) is 54.4 Å². The Morgan fingerprint density at radius 1 is 1.23 bits per heavy atom. The second-order valence-corrected chi connectivity index (χ2v) is 8.99. The van der Waals surface area contributed by atoms with Crippen LogP contribution >= 0.6 is 0 Å². The van der Waals surface area contributed by atoms with Gasteiger partial charge in [0, 0.05) is 51.0 Å². The molecule has 1 spiro atoms. The van der Waals surface area contributed by atoms with Gasteiger partial charge in [-0.1, -0.05) is 6.07 Å². The number of aliphatic hydroxyl groups excluding tert-OH is 1. The molecule has 162 valence electrons. The van der Waals surface area contributed by atoms with E-state index in [9.17, 15) is 9.90 Å². The number of carbonyl (C=O) groups excluding carboxylic acids is 1. The number of carbonyl (C=O) groups is 1. The molecule has 5 heterocycles. The van der Waals surface area contributed by atoms with Crippen LogP contribution in [0.15, 0.2) is 43.1 Å². The largest absolute Gasteiger partial charge is 0.391 e. The summed E-state index contributed by atoms with van der Waals surface area (Å²) in [6, 6.07) is 4.01. The monoisotopic (exact) mass is 420 g/mol. The van der Waals surface area contributed by atoms with Gasteiger partial charge in [0.25, 0.3) is 0 Å². The SMILES string of the molecule is Cc1cccn2c(CC(=O)N3CCC4(CC3)CC(O)CN(c3cnccn3)C4)cnc12. The lowest BCUT2D eigenvalue weighted by Gasteiger charge is -2.49. The molecule has 0 bridgehead atoms. The zero-order valence-corrected chi connectivity index (χ0v) is 17.8. The maximum atomic E-state index is 13.0. The van der Waals surface area contributed by atoms with Gasteiger partial charge in [-0.3, -0.25) is 9.78 Å². The van der Waals surface area contributed by atoms with Crippen LogP contribution in [0.2, 0.25) is 0 Å². The maximum Gasteiger partial charge on any atom is 0.228 e. The minimum absolute atomic E-state index is 0.00634. The fraction of sp³-hybridized carbons (Fsp3) is 0.478. The number of nitrogens with zero attached hydrogens (tertiary/aromatic N) is 6. The molecule has 5 rings (SSSR count). The molecule has 0 aliphatic carbocycles. The van der Waals surface area contributed by atoms with Crippen molar-refractivity contribution in [2.75, 3.05) is 31.1 Å². The Kier molecular flexibility index (Phi) is 5.09. The van der Waals surface area contributed by atoms with Gasteiger partial charge in [-0.25, -0.2) is 9.97 Å². The molecule has 8 heteroatoms. The molecule has 1 atom stereocenters. The first-order valence-corrected chi connectivity index (χ1v) is 10.9. The van der Waals surface area contributed by atoms with Gasteiger partial charge in [0.05, 0.1) is 24.4 Å². The van der Waals surface area contributed by atoms with Crippen LogP contribution in [0.3, 0.4) is 0 Å². The Bertz CT molecular complexity index is 1070. The normalized spacial score (nSPS) is 21.0. The highest BCUT2D eigenvalue weighted by Crippen LogP contribution is 2.41. The van der Waals surface area contributed by atoms with E-state index in [0.717, 1.165) is 61.6 Å². The van der Waals surface area contributed by atoms with E-state index in [-0.39, 0.29) is 17.4 Å². The number of aliphatic hydroxyl groups is 1. The lowest BCUT2D eigenvalue weighted by Crippen LogP contribution is -2.55. The Labute approximate surface area is 181 Å². The number of anilines is 1. The van der Waals surface area contributed by atoms with Gasteiger partial charge in [0.15, 0.2) is 0 Å². The van der Waals surface area contributed by atoms with E-state index in [4.69, 9.17) is 0 Å². The number of aryl methyl sites for hydroxylation is 1. The van der Waals surface area contributed by atoms with Crippen molar-refractivity contribution >= 4 is 17.4 Å². The lowest BCUT2D eigenvalue weighted by atomic mass is 9.71. The van der Waals surface area contributed by atoms with Crippen LogP contribution in [0, 0.1) is 12.3 Å². The van der Waals surface area contributed by atoms with E-state index in [0.29, 0.717) is 13.0 Å². The minimum Gasteiger partial charge on any atom is -0.391 e. The van der Waals surface area contributed by atoms with Crippen LogP contribution in [-0.2, 0) is 11.2 Å². The summed E-state index contributed by atoms with van der Waals surface area (Å²) in [5.74, 6) is 0.947. The molecule has 2 aliphatic heterocycles. The summed E-state index contributed by atoms with van der Waals surface area (Å²) in [6.07, 6.45) is 11.4. The fourth-order valence-corrected chi connectivity index (χ4v) is 5.17. The van der Waals surface area contributed by atoms with Gasteiger partial charge in [-0.05, 0) is 43.2 Å². The molecule has 0 radical (unpaired) electrons. The Hall–Kier alpha value is -3.00. The number of piperidine rings is 2. The average Bonchev–Trinajstić information content (AvgIpc) is 3.18. The molecule has 3 aromatic heterocycles. The summed E-state index contributed by atoms with van der Waals surface area (Å²) in [5.41, 5.74) is 2.94. The highest BCUT2D eigenvalue weighted by Gasteiger charge is 2.42. The van der Waals surface area contributed by atoms with Gasteiger partial charge in [0.2, 0.25) is 5.91 Å². The first-order valence-electron chi connectivity index (χ1n) is 10.9. The average molecular weight is 421 g/mol. The van der Waals surface area contributed by atoms with Crippen LogP contribution in [0.1, 0.15) is 30.5 Å². The van der Waals surface area contributed by atoms with E-state index < -0.39 is 0 Å². The van der Waals surface area contributed by atoms with Crippen LogP contribution in [-0.4, -0.2) is 67.5 Å². The van der Waals surface area contributed by atoms with Crippen LogP contribution in [0.25, 0.3) is 5.65 Å². The number of rotatable bonds is 3. The number of fused-ring (bicyclic) bond motifs is 1. The highest BCUT2D eigenvalue weighted by molar-refractivity contribution is 5.78.